The fourth-order valence-electron chi connectivity index (χ4n) is 4.79. The maximum absolute atomic E-state index is 13.6. The van der Waals surface area contributed by atoms with E-state index in [0.29, 0.717) is 28.5 Å². The Morgan fingerprint density at radius 3 is 2.20 bits per heavy atom. The molecule has 1 atom stereocenters. The summed E-state index contributed by atoms with van der Waals surface area (Å²) < 4.78 is 16.8. The van der Waals surface area contributed by atoms with Crippen LogP contribution in [0.3, 0.4) is 0 Å². The molecule has 0 spiro atoms. The first-order chi connectivity index (χ1) is 19.3. The minimum Gasteiger partial charge on any atom is -0.507 e. The number of nitrogens with zero attached hydrogens (tertiary/aromatic N) is 1. The van der Waals surface area contributed by atoms with E-state index in [1.807, 2.05) is 49.4 Å². The van der Waals surface area contributed by atoms with Crippen LogP contribution in [-0.4, -0.2) is 31.0 Å². The third kappa shape index (κ3) is 4.87. The normalized spacial score (nSPS) is 16.2. The first-order valence-electron chi connectivity index (χ1n) is 12.5. The molecule has 1 heterocycles. The number of benzene rings is 4. The van der Waals surface area contributed by atoms with Gasteiger partial charge >= 0.3 is 0 Å². The number of hydrogen-bond donors (Lipinski definition) is 1. The summed E-state index contributed by atoms with van der Waals surface area (Å²) in [5, 5.41) is 11.8. The smallest absolute Gasteiger partial charge is 0.300 e. The Morgan fingerprint density at radius 2 is 1.50 bits per heavy atom. The number of anilines is 1. The maximum Gasteiger partial charge on any atom is 0.300 e. The summed E-state index contributed by atoms with van der Waals surface area (Å²) in [6.07, 6.45) is 0. The number of rotatable bonds is 7. The minimum absolute atomic E-state index is 0.107. The van der Waals surface area contributed by atoms with Crippen molar-refractivity contribution in [3.63, 3.8) is 0 Å². The zero-order chi connectivity index (χ0) is 28.4. The molecular formula is C32H26ClNO6. The molecule has 1 unspecified atom stereocenters. The first kappa shape index (κ1) is 26.8. The molecule has 0 saturated carbocycles. The highest BCUT2D eigenvalue weighted by molar-refractivity contribution is 6.52. The molecule has 7 nitrogen and oxygen atoms in total. The van der Waals surface area contributed by atoms with Crippen molar-refractivity contribution in [2.45, 2.75) is 13.0 Å². The highest BCUT2D eigenvalue weighted by Crippen LogP contribution is 2.46. The Hall–Kier alpha value is -4.75. The van der Waals surface area contributed by atoms with Crippen LogP contribution in [0, 0.1) is 6.92 Å². The molecule has 5 rings (SSSR count). The quantitative estimate of drug-likeness (QED) is 0.149. The number of Topliss-reactive ketones (excluding diaryl/α,β-unsaturated/α-hetero) is 1. The van der Waals surface area contributed by atoms with E-state index in [0.717, 1.165) is 5.56 Å². The Kier molecular flexibility index (Phi) is 7.49. The maximum atomic E-state index is 13.6. The molecule has 0 aromatic heterocycles. The average molecular weight is 556 g/mol. The molecule has 40 heavy (non-hydrogen) atoms. The SMILES string of the molecule is COc1cc(OC)c(/C(O)=C2\C(=O)C(=O)N(c3ccccc3C)C2c2cccc(Oc3ccccc3)c2)cc1Cl. The van der Waals surface area contributed by atoms with E-state index in [9.17, 15) is 14.7 Å². The van der Waals surface area contributed by atoms with Crippen molar-refractivity contribution in [2.75, 3.05) is 19.1 Å². The lowest BCUT2D eigenvalue weighted by molar-refractivity contribution is -0.132. The van der Waals surface area contributed by atoms with Gasteiger partial charge in [0, 0.05) is 11.8 Å². The van der Waals surface area contributed by atoms with Gasteiger partial charge < -0.3 is 19.3 Å². The summed E-state index contributed by atoms with van der Waals surface area (Å²) in [4.78, 5) is 28.7. The molecule has 1 saturated heterocycles. The van der Waals surface area contributed by atoms with Gasteiger partial charge in [-0.25, -0.2) is 0 Å². The molecule has 1 aliphatic rings. The van der Waals surface area contributed by atoms with Gasteiger partial charge in [0.2, 0.25) is 0 Å². The van der Waals surface area contributed by atoms with Gasteiger partial charge in [-0.05, 0) is 54.4 Å². The third-order valence-corrected chi connectivity index (χ3v) is 7.00. The summed E-state index contributed by atoms with van der Waals surface area (Å²) >= 11 is 6.38. The van der Waals surface area contributed by atoms with Crippen LogP contribution in [0.4, 0.5) is 5.69 Å². The monoisotopic (exact) mass is 555 g/mol. The number of amides is 1. The highest BCUT2D eigenvalue weighted by Gasteiger charge is 2.47. The number of ketones is 1. The topological polar surface area (TPSA) is 85.3 Å². The number of ether oxygens (including phenoxy) is 3. The molecule has 4 aromatic carbocycles. The van der Waals surface area contributed by atoms with Crippen LogP contribution in [0.5, 0.6) is 23.0 Å². The molecule has 0 aliphatic carbocycles. The molecule has 0 radical (unpaired) electrons. The number of aliphatic hydroxyl groups excluding tert-OH is 1. The van der Waals surface area contributed by atoms with E-state index < -0.39 is 23.5 Å². The van der Waals surface area contributed by atoms with Crippen molar-refractivity contribution < 1.29 is 28.9 Å². The molecule has 1 aliphatic heterocycles. The van der Waals surface area contributed by atoms with E-state index in [1.165, 1.54) is 31.3 Å². The number of para-hydroxylation sites is 2. The molecule has 1 amide bonds. The van der Waals surface area contributed by atoms with Crippen LogP contribution in [-0.2, 0) is 9.59 Å². The van der Waals surface area contributed by atoms with E-state index in [2.05, 4.69) is 0 Å². The molecule has 0 bridgehead atoms. The lowest BCUT2D eigenvalue weighted by Crippen LogP contribution is -2.30. The molecule has 1 fully saturated rings. The van der Waals surface area contributed by atoms with Crippen LogP contribution in [0.2, 0.25) is 5.02 Å². The van der Waals surface area contributed by atoms with E-state index in [4.69, 9.17) is 25.8 Å². The lowest BCUT2D eigenvalue weighted by Gasteiger charge is -2.27. The van der Waals surface area contributed by atoms with Crippen molar-refractivity contribution in [3.8, 4) is 23.0 Å². The van der Waals surface area contributed by atoms with Crippen molar-refractivity contribution in [1.29, 1.82) is 0 Å². The Labute approximate surface area is 236 Å². The van der Waals surface area contributed by atoms with Gasteiger partial charge in [-0.2, -0.15) is 0 Å². The summed E-state index contributed by atoms with van der Waals surface area (Å²) in [7, 11) is 2.88. The second kappa shape index (κ2) is 11.2. The highest BCUT2D eigenvalue weighted by atomic mass is 35.5. The predicted molar refractivity (Wildman–Crippen MR) is 153 cm³/mol. The van der Waals surface area contributed by atoms with Gasteiger partial charge in [0.05, 0.1) is 36.4 Å². The Bertz CT molecular complexity index is 1630. The number of carbonyl (C=O) groups is 2. The number of hydrogen-bond acceptors (Lipinski definition) is 6. The van der Waals surface area contributed by atoms with Crippen LogP contribution in [0.15, 0.2) is 96.6 Å². The summed E-state index contributed by atoms with van der Waals surface area (Å²) in [6, 6.07) is 25.6. The minimum atomic E-state index is -0.967. The summed E-state index contributed by atoms with van der Waals surface area (Å²) in [6.45, 7) is 1.85. The van der Waals surface area contributed by atoms with Gasteiger partial charge in [-0.3, -0.25) is 14.5 Å². The number of aryl methyl sites for hydroxylation is 1. The van der Waals surface area contributed by atoms with Crippen molar-refractivity contribution in [1.82, 2.24) is 0 Å². The fraction of sp³-hybridized carbons (Fsp3) is 0.125. The number of aliphatic hydroxyl groups is 1. The van der Waals surface area contributed by atoms with Gasteiger partial charge in [0.25, 0.3) is 11.7 Å². The number of halogens is 1. The predicted octanol–water partition coefficient (Wildman–Crippen LogP) is 7.08. The number of carbonyl (C=O) groups excluding carboxylic acids is 2. The summed E-state index contributed by atoms with van der Waals surface area (Å²) in [5.74, 6) is -0.342. The van der Waals surface area contributed by atoms with Gasteiger partial charge in [0.1, 0.15) is 28.8 Å². The Morgan fingerprint density at radius 1 is 0.825 bits per heavy atom. The molecule has 1 N–H and O–H groups in total. The summed E-state index contributed by atoms with van der Waals surface area (Å²) in [5.41, 5.74) is 1.94. The van der Waals surface area contributed by atoms with Crippen LogP contribution < -0.4 is 19.1 Å². The molecule has 4 aromatic rings. The van der Waals surface area contributed by atoms with Gasteiger partial charge in [-0.15, -0.1) is 0 Å². The lowest BCUT2D eigenvalue weighted by atomic mass is 9.94. The largest absolute Gasteiger partial charge is 0.507 e. The van der Waals surface area contributed by atoms with Crippen molar-refractivity contribution in [2.24, 2.45) is 0 Å². The first-order valence-corrected chi connectivity index (χ1v) is 12.8. The van der Waals surface area contributed by atoms with Crippen molar-refractivity contribution in [3.05, 3.63) is 118 Å². The molecular weight excluding hydrogens is 530 g/mol. The van der Waals surface area contributed by atoms with Gasteiger partial charge in [0.15, 0.2) is 0 Å². The molecule has 8 heteroatoms. The second-order valence-electron chi connectivity index (χ2n) is 9.13. The zero-order valence-corrected chi connectivity index (χ0v) is 22.8. The van der Waals surface area contributed by atoms with Gasteiger partial charge in [-0.1, -0.05) is 60.1 Å². The van der Waals surface area contributed by atoms with Crippen LogP contribution in [0.25, 0.3) is 5.76 Å². The standard InChI is InChI=1S/C32H26ClNO6/c1-19-10-7-8-15-25(19)34-29(20-11-9-14-22(16-20)40-21-12-5-4-6-13-21)28(31(36)32(34)37)30(35)23-17-24(33)27(39-3)18-26(23)38-2/h4-18,29,35H,1-3H3/b30-28+. The number of methoxy groups -OCH3 is 2. The zero-order valence-electron chi connectivity index (χ0n) is 22.1. The van der Waals surface area contributed by atoms with Crippen molar-refractivity contribution >= 4 is 34.7 Å². The average Bonchev–Trinajstić information content (AvgIpc) is 3.23. The van der Waals surface area contributed by atoms with E-state index >= 15 is 0 Å². The fourth-order valence-corrected chi connectivity index (χ4v) is 5.03. The van der Waals surface area contributed by atoms with E-state index in [1.54, 1.807) is 36.4 Å². The molecule has 202 valence electrons. The van der Waals surface area contributed by atoms with E-state index in [-0.39, 0.29) is 21.9 Å². The van der Waals surface area contributed by atoms with Crippen LogP contribution in [0.1, 0.15) is 22.7 Å². The van der Waals surface area contributed by atoms with Crippen LogP contribution >= 0.6 is 11.6 Å². The third-order valence-electron chi connectivity index (χ3n) is 6.70. The second-order valence-corrected chi connectivity index (χ2v) is 9.54. The Balaban J connectivity index is 1.72.